The van der Waals surface area contributed by atoms with Crippen LogP contribution in [0.25, 0.3) is 5.69 Å². The van der Waals surface area contributed by atoms with Crippen molar-refractivity contribution in [3.63, 3.8) is 0 Å². The van der Waals surface area contributed by atoms with Crippen LogP contribution in [0.5, 0.6) is 0 Å². The number of benzene rings is 1. The zero-order valence-corrected chi connectivity index (χ0v) is 11.9. The third kappa shape index (κ3) is 2.93. The quantitative estimate of drug-likeness (QED) is 0.686. The number of nitrogens with one attached hydrogen (secondary N) is 1. The van der Waals surface area contributed by atoms with Gasteiger partial charge in [-0.2, -0.15) is 0 Å². The lowest BCUT2D eigenvalue weighted by atomic mass is 10.2. The van der Waals surface area contributed by atoms with Crippen LogP contribution < -0.4 is 10.3 Å². The van der Waals surface area contributed by atoms with E-state index in [4.69, 9.17) is 9.26 Å². The molecule has 1 heterocycles. The fourth-order valence-electron chi connectivity index (χ4n) is 1.71. The fraction of sp³-hybridized carbons (Fsp3) is 0.250. The smallest absolute Gasteiger partial charge is 0.434 e. The maximum Gasteiger partial charge on any atom is 0.434 e. The number of H-pyrrole nitrogens is 1. The molecule has 0 spiro atoms. The minimum absolute atomic E-state index is 0.220. The summed E-state index contributed by atoms with van der Waals surface area (Å²) in [6.07, 6.45) is -0.705. The van der Waals surface area contributed by atoms with Crippen molar-refractivity contribution in [2.45, 2.75) is 20.0 Å². The third-order valence-corrected chi connectivity index (χ3v) is 3.02. The van der Waals surface area contributed by atoms with Crippen molar-refractivity contribution in [1.29, 1.82) is 0 Å². The Balaban J connectivity index is 2.45. The summed E-state index contributed by atoms with van der Waals surface area (Å²) in [6, 6.07) is 7.24. The van der Waals surface area contributed by atoms with Crippen LogP contribution in [0.4, 0.5) is 0 Å². The second-order valence-corrected chi connectivity index (χ2v) is 4.85. The number of aromatic amines is 1. The van der Waals surface area contributed by atoms with Gasteiger partial charge in [0.2, 0.25) is 5.69 Å². The van der Waals surface area contributed by atoms with Gasteiger partial charge in [-0.25, -0.2) is 4.79 Å². The molecule has 1 atom stereocenters. The van der Waals surface area contributed by atoms with Crippen molar-refractivity contribution in [1.82, 2.24) is 5.27 Å². The SMILES string of the molecule is CC(=O)OC(C)c1c(=O)o[nH][n+]1-c1ccc(Br)cc1. The van der Waals surface area contributed by atoms with Gasteiger partial charge in [0.25, 0.3) is 0 Å². The highest BCUT2D eigenvalue weighted by molar-refractivity contribution is 9.10. The average Bonchev–Trinajstić information content (AvgIpc) is 2.71. The van der Waals surface area contributed by atoms with E-state index in [2.05, 4.69) is 21.2 Å². The van der Waals surface area contributed by atoms with Gasteiger partial charge in [-0.05, 0) is 29.0 Å². The van der Waals surface area contributed by atoms with Crippen LogP contribution in [0.15, 0.2) is 38.1 Å². The second-order valence-electron chi connectivity index (χ2n) is 3.93. The zero-order chi connectivity index (χ0) is 14.0. The van der Waals surface area contributed by atoms with Gasteiger partial charge in [0.1, 0.15) is 0 Å². The van der Waals surface area contributed by atoms with Crippen molar-refractivity contribution >= 4 is 21.9 Å². The molecule has 0 radical (unpaired) electrons. The Morgan fingerprint density at radius 1 is 1.42 bits per heavy atom. The summed E-state index contributed by atoms with van der Waals surface area (Å²) in [4.78, 5) is 22.7. The molecule has 6 nitrogen and oxygen atoms in total. The van der Waals surface area contributed by atoms with Crippen molar-refractivity contribution in [2.24, 2.45) is 0 Å². The molecular weight excluding hydrogens is 316 g/mol. The summed E-state index contributed by atoms with van der Waals surface area (Å²) in [5, 5.41) is 2.49. The number of esters is 1. The minimum atomic E-state index is -0.705. The molecule has 0 aliphatic rings. The van der Waals surface area contributed by atoms with Crippen LogP contribution in [0.1, 0.15) is 25.6 Å². The largest absolute Gasteiger partial charge is 0.451 e. The van der Waals surface area contributed by atoms with E-state index in [1.807, 2.05) is 12.1 Å². The first-order valence-corrected chi connectivity index (χ1v) is 6.35. The Morgan fingerprint density at radius 2 is 2.05 bits per heavy atom. The molecule has 2 rings (SSSR count). The van der Waals surface area contributed by atoms with Gasteiger partial charge in [-0.1, -0.05) is 15.9 Å². The van der Waals surface area contributed by atoms with Gasteiger partial charge in [-0.15, -0.1) is 0 Å². The molecule has 0 amide bonds. The Labute approximate surface area is 117 Å². The summed E-state index contributed by atoms with van der Waals surface area (Å²) in [5.41, 5.74) is 0.345. The lowest BCUT2D eigenvalue weighted by Crippen LogP contribution is -2.40. The van der Waals surface area contributed by atoms with Crippen molar-refractivity contribution < 1.29 is 18.7 Å². The minimum Gasteiger partial charge on any atom is -0.451 e. The Kier molecular flexibility index (Phi) is 3.84. The van der Waals surface area contributed by atoms with Crippen LogP contribution in [0, 0.1) is 0 Å². The maximum absolute atomic E-state index is 11.7. The van der Waals surface area contributed by atoms with Crippen LogP contribution >= 0.6 is 15.9 Å². The molecule has 0 saturated carbocycles. The highest BCUT2D eigenvalue weighted by Crippen LogP contribution is 2.13. The van der Waals surface area contributed by atoms with Crippen LogP contribution in [-0.2, 0) is 9.53 Å². The standard InChI is InChI=1S/C12H11BrN2O4/c1-7(18-8(2)16)11-12(17)19-14-15(11)10-5-3-9(13)4-6-10/h3-7H,1-2H3/p+1. The number of rotatable bonds is 3. The van der Waals surface area contributed by atoms with Gasteiger partial charge < -0.3 is 4.74 Å². The zero-order valence-electron chi connectivity index (χ0n) is 10.3. The van der Waals surface area contributed by atoms with E-state index in [0.29, 0.717) is 5.69 Å². The van der Waals surface area contributed by atoms with Gasteiger partial charge in [-0.3, -0.25) is 9.32 Å². The van der Waals surface area contributed by atoms with Crippen LogP contribution in [0.2, 0.25) is 0 Å². The van der Waals surface area contributed by atoms with Gasteiger partial charge >= 0.3 is 17.3 Å². The van der Waals surface area contributed by atoms with Gasteiger partial charge in [0, 0.05) is 23.5 Å². The number of hydrogen-bond donors (Lipinski definition) is 1. The molecule has 2 aromatic rings. The maximum atomic E-state index is 11.7. The fourth-order valence-corrected chi connectivity index (χ4v) is 1.98. The number of halogens is 1. The number of ether oxygens (including phenoxy) is 1. The summed E-state index contributed by atoms with van der Waals surface area (Å²) < 4.78 is 12.1. The molecule has 100 valence electrons. The molecule has 0 aliphatic carbocycles. The van der Waals surface area contributed by atoms with E-state index >= 15 is 0 Å². The van der Waals surface area contributed by atoms with Gasteiger partial charge in [0.15, 0.2) is 6.10 Å². The van der Waals surface area contributed by atoms with E-state index in [1.165, 1.54) is 11.6 Å². The Morgan fingerprint density at radius 3 is 2.63 bits per heavy atom. The number of carbonyl (C=O) groups is 1. The normalized spacial score (nSPS) is 12.2. The second kappa shape index (κ2) is 5.40. The topological polar surface area (TPSA) is 76.2 Å². The first kappa shape index (κ1) is 13.5. The highest BCUT2D eigenvalue weighted by Gasteiger charge is 2.30. The van der Waals surface area contributed by atoms with Crippen molar-refractivity contribution in [3.05, 3.63) is 44.9 Å². The van der Waals surface area contributed by atoms with E-state index in [-0.39, 0.29) is 5.69 Å². The van der Waals surface area contributed by atoms with Crippen molar-refractivity contribution in [2.75, 3.05) is 0 Å². The molecule has 7 heteroatoms. The molecular formula is C12H12BrN2O4+. The van der Waals surface area contributed by atoms with E-state index in [9.17, 15) is 9.59 Å². The van der Waals surface area contributed by atoms with E-state index < -0.39 is 17.7 Å². The summed E-state index contributed by atoms with van der Waals surface area (Å²) >= 11 is 3.33. The van der Waals surface area contributed by atoms with E-state index in [0.717, 1.165) is 4.47 Å². The number of hydrogen-bond acceptors (Lipinski definition) is 4. The summed E-state index contributed by atoms with van der Waals surface area (Å²) in [5.74, 6) is -0.463. The first-order chi connectivity index (χ1) is 8.99. The molecule has 0 bridgehead atoms. The number of aromatic nitrogens is 2. The molecule has 1 N–H and O–H groups in total. The predicted molar refractivity (Wildman–Crippen MR) is 68.7 cm³/mol. The van der Waals surface area contributed by atoms with Crippen molar-refractivity contribution in [3.8, 4) is 5.69 Å². The molecule has 19 heavy (non-hydrogen) atoms. The lowest BCUT2D eigenvalue weighted by Gasteiger charge is -2.05. The van der Waals surface area contributed by atoms with E-state index in [1.54, 1.807) is 19.1 Å². The Bertz CT molecular complexity index is 644. The molecule has 0 aliphatic heterocycles. The predicted octanol–water partition coefficient (Wildman–Crippen LogP) is 1.63. The monoisotopic (exact) mass is 327 g/mol. The molecule has 0 fully saturated rings. The van der Waals surface area contributed by atoms with Crippen LogP contribution in [0.3, 0.4) is 0 Å². The molecule has 0 saturated heterocycles. The molecule has 1 unspecified atom stereocenters. The highest BCUT2D eigenvalue weighted by atomic mass is 79.9. The summed E-state index contributed by atoms with van der Waals surface area (Å²) in [7, 11) is 0. The first-order valence-electron chi connectivity index (χ1n) is 5.55. The molecule has 1 aromatic heterocycles. The van der Waals surface area contributed by atoms with Gasteiger partial charge in [0.05, 0.1) is 0 Å². The Hall–Kier alpha value is -1.89. The third-order valence-electron chi connectivity index (χ3n) is 2.49. The number of carbonyl (C=O) groups excluding carboxylic acids is 1. The summed E-state index contributed by atoms with van der Waals surface area (Å²) in [6.45, 7) is 2.89. The molecule has 1 aromatic carbocycles. The average molecular weight is 328 g/mol. The lowest BCUT2D eigenvalue weighted by molar-refractivity contribution is -0.680. The van der Waals surface area contributed by atoms with Crippen LogP contribution in [-0.4, -0.2) is 11.2 Å². The number of nitrogens with zero attached hydrogens (tertiary/aromatic N) is 1.